The molecule has 0 radical (unpaired) electrons. The first kappa shape index (κ1) is 23.3. The zero-order valence-electron chi connectivity index (χ0n) is 18.3. The van der Waals surface area contributed by atoms with Crippen LogP contribution in [0.1, 0.15) is 28.5 Å². The van der Waals surface area contributed by atoms with Crippen molar-refractivity contribution in [3.63, 3.8) is 0 Å². The first-order valence-electron chi connectivity index (χ1n) is 10.4. The normalized spacial score (nSPS) is 11.6. The third kappa shape index (κ3) is 5.05. The molecule has 0 aliphatic heterocycles. The Morgan fingerprint density at radius 1 is 0.909 bits per heavy atom. The molecule has 6 nitrogen and oxygen atoms in total. The average molecular weight is 483 g/mol. The minimum atomic E-state index is -3.71. The Hall–Kier alpha value is -2.89. The van der Waals surface area contributed by atoms with Gasteiger partial charge in [0.15, 0.2) is 0 Å². The van der Waals surface area contributed by atoms with Crippen molar-refractivity contribution < 1.29 is 18.0 Å². The van der Waals surface area contributed by atoms with E-state index in [1.54, 1.807) is 6.07 Å². The van der Waals surface area contributed by atoms with Crippen molar-refractivity contribution in [1.29, 1.82) is 0 Å². The minimum Gasteiger partial charge on any atom is -0.423 e. The summed E-state index contributed by atoms with van der Waals surface area (Å²) < 4.78 is 30.0. The first-order valence-corrected chi connectivity index (χ1v) is 12.3. The molecule has 0 saturated carbocycles. The van der Waals surface area contributed by atoms with Crippen LogP contribution in [0.25, 0.3) is 0 Å². The van der Waals surface area contributed by atoms with E-state index in [0.717, 1.165) is 16.7 Å². The molecule has 1 aromatic heterocycles. The van der Waals surface area contributed by atoms with Gasteiger partial charge >= 0.3 is 7.60 Å². The minimum absolute atomic E-state index is 0.0893. The van der Waals surface area contributed by atoms with E-state index in [1.165, 1.54) is 14.2 Å². The van der Waals surface area contributed by atoms with Gasteiger partial charge in [-0.2, -0.15) is 0 Å². The predicted molar refractivity (Wildman–Crippen MR) is 130 cm³/mol. The largest absolute Gasteiger partial charge is 0.423 e. The summed E-state index contributed by atoms with van der Waals surface area (Å²) in [4.78, 5) is 4.64. The van der Waals surface area contributed by atoms with Gasteiger partial charge in [-0.1, -0.05) is 90.5 Å². The lowest BCUT2D eigenvalue weighted by Crippen LogP contribution is -2.15. The number of benzene rings is 3. The van der Waals surface area contributed by atoms with Gasteiger partial charge in [0.1, 0.15) is 0 Å². The number of aromatic nitrogens is 1. The summed E-state index contributed by atoms with van der Waals surface area (Å²) in [7, 11) is -1.06. The van der Waals surface area contributed by atoms with E-state index < -0.39 is 7.60 Å². The molecule has 3 aromatic carbocycles. The lowest BCUT2D eigenvalue weighted by atomic mass is 9.91. The molecular weight excluding hydrogens is 459 g/mol. The highest BCUT2D eigenvalue weighted by Crippen LogP contribution is 2.48. The molecule has 0 unspecified atom stereocenters. The Balaban J connectivity index is 1.80. The summed E-state index contributed by atoms with van der Waals surface area (Å²) in [6.45, 7) is 0.343. The van der Waals surface area contributed by atoms with Gasteiger partial charge in [0.25, 0.3) is 0 Å². The Morgan fingerprint density at radius 3 is 2.00 bits per heavy atom. The summed E-state index contributed by atoms with van der Waals surface area (Å²) in [6, 6.07) is 27.2. The quantitative estimate of drug-likeness (QED) is 0.285. The molecule has 1 heterocycles. The molecule has 0 bridgehead atoms. The predicted octanol–water partition coefficient (Wildman–Crippen LogP) is 6.23. The Labute approximate surface area is 198 Å². The molecular formula is C25H24ClN2O4P. The van der Waals surface area contributed by atoms with Crippen molar-refractivity contribution in [2.75, 3.05) is 19.5 Å². The van der Waals surface area contributed by atoms with Crippen molar-refractivity contribution >= 4 is 30.5 Å². The van der Waals surface area contributed by atoms with Gasteiger partial charge in [-0.25, -0.2) is 4.98 Å². The van der Waals surface area contributed by atoms with Crippen molar-refractivity contribution in [2.24, 2.45) is 0 Å². The van der Waals surface area contributed by atoms with Crippen LogP contribution < -0.4 is 10.8 Å². The average Bonchev–Trinajstić information content (AvgIpc) is 3.29. The fraction of sp³-hybridized carbons (Fsp3) is 0.160. The van der Waals surface area contributed by atoms with Crippen molar-refractivity contribution in [3.05, 3.63) is 113 Å². The second-order valence-electron chi connectivity index (χ2n) is 7.27. The van der Waals surface area contributed by atoms with Crippen LogP contribution in [0.15, 0.2) is 89.3 Å². The maximum Gasteiger partial charge on any atom is 0.384 e. The molecule has 0 aliphatic carbocycles. The fourth-order valence-electron chi connectivity index (χ4n) is 3.59. The Bertz CT molecular complexity index is 1200. The summed E-state index contributed by atoms with van der Waals surface area (Å²) in [5.41, 5.74) is 2.92. The van der Waals surface area contributed by atoms with E-state index in [1.807, 2.05) is 78.9 Å². The molecule has 0 saturated heterocycles. The second-order valence-corrected chi connectivity index (χ2v) is 9.82. The summed E-state index contributed by atoms with van der Waals surface area (Å²) in [6.07, 6.45) is 0. The Morgan fingerprint density at radius 2 is 1.45 bits per heavy atom. The molecule has 0 amide bonds. The van der Waals surface area contributed by atoms with Gasteiger partial charge < -0.3 is 18.8 Å². The van der Waals surface area contributed by atoms with E-state index >= 15 is 0 Å². The molecule has 0 aliphatic rings. The highest BCUT2D eigenvalue weighted by molar-refractivity contribution is 7.62. The summed E-state index contributed by atoms with van der Waals surface area (Å²) >= 11 is 6.30. The lowest BCUT2D eigenvalue weighted by Gasteiger charge is -2.14. The monoisotopic (exact) mass is 482 g/mol. The molecule has 0 fully saturated rings. The van der Waals surface area contributed by atoms with Gasteiger partial charge in [-0.05, 0) is 22.8 Å². The van der Waals surface area contributed by atoms with Gasteiger partial charge in [0.05, 0.1) is 5.92 Å². The molecule has 1 N–H and O–H groups in total. The van der Waals surface area contributed by atoms with E-state index in [4.69, 9.17) is 25.1 Å². The SMILES string of the molecule is COP(=O)(OC)c1nc(C(c2ccccc2)c2ccccc2)oc1NCc1ccccc1Cl. The molecule has 4 rings (SSSR count). The maximum absolute atomic E-state index is 13.3. The zero-order chi connectivity index (χ0) is 23.3. The standard InChI is InChI=1S/C25H24ClN2O4P/c1-30-33(29,31-2)25-24(27-17-20-15-9-10-16-21(20)26)32-23(28-25)22(18-11-5-3-6-12-18)19-13-7-4-8-14-19/h3-16,22,27H,17H2,1-2H3. The lowest BCUT2D eigenvalue weighted by molar-refractivity contribution is 0.286. The van der Waals surface area contributed by atoms with Gasteiger partial charge in [0.2, 0.25) is 17.2 Å². The van der Waals surface area contributed by atoms with Gasteiger partial charge in [0, 0.05) is 25.8 Å². The number of rotatable bonds is 9. The smallest absolute Gasteiger partial charge is 0.384 e. The van der Waals surface area contributed by atoms with Gasteiger partial charge in [-0.3, -0.25) is 4.57 Å². The maximum atomic E-state index is 13.3. The molecule has 170 valence electrons. The van der Waals surface area contributed by atoms with Crippen molar-refractivity contribution in [1.82, 2.24) is 4.98 Å². The highest BCUT2D eigenvalue weighted by Gasteiger charge is 2.36. The number of oxazole rings is 1. The van der Waals surface area contributed by atoms with Crippen LogP contribution in [0.5, 0.6) is 0 Å². The van der Waals surface area contributed by atoms with Crippen LogP contribution in [-0.4, -0.2) is 19.2 Å². The van der Waals surface area contributed by atoms with Crippen LogP contribution in [0, 0.1) is 0 Å². The molecule has 0 atom stereocenters. The first-order chi connectivity index (χ1) is 16.1. The van der Waals surface area contributed by atoms with E-state index in [-0.39, 0.29) is 17.2 Å². The molecule has 8 heteroatoms. The number of nitrogens with zero attached hydrogens (tertiary/aromatic N) is 1. The topological polar surface area (TPSA) is 73.6 Å². The third-order valence-electron chi connectivity index (χ3n) is 5.28. The number of hydrogen-bond donors (Lipinski definition) is 1. The summed E-state index contributed by atoms with van der Waals surface area (Å²) in [5, 5.41) is 3.79. The van der Waals surface area contributed by atoms with E-state index in [9.17, 15) is 4.57 Å². The van der Waals surface area contributed by atoms with Crippen LogP contribution in [0.3, 0.4) is 0 Å². The van der Waals surface area contributed by atoms with Crippen LogP contribution in [-0.2, 0) is 20.2 Å². The third-order valence-corrected chi connectivity index (χ3v) is 7.43. The van der Waals surface area contributed by atoms with Crippen LogP contribution in [0.4, 0.5) is 5.88 Å². The fourth-order valence-corrected chi connectivity index (χ4v) is 4.88. The van der Waals surface area contributed by atoms with Crippen LogP contribution >= 0.6 is 19.2 Å². The van der Waals surface area contributed by atoms with Crippen molar-refractivity contribution in [2.45, 2.75) is 12.5 Å². The Kier molecular flexibility index (Phi) is 7.31. The van der Waals surface area contributed by atoms with E-state index in [0.29, 0.717) is 17.5 Å². The van der Waals surface area contributed by atoms with Gasteiger partial charge in [-0.15, -0.1) is 0 Å². The molecule has 4 aromatic rings. The number of nitrogens with one attached hydrogen (secondary N) is 1. The number of hydrogen-bond acceptors (Lipinski definition) is 6. The number of anilines is 1. The zero-order valence-corrected chi connectivity index (χ0v) is 19.9. The van der Waals surface area contributed by atoms with E-state index in [2.05, 4.69) is 10.3 Å². The molecule has 0 spiro atoms. The molecule has 33 heavy (non-hydrogen) atoms. The van der Waals surface area contributed by atoms with Crippen molar-refractivity contribution in [3.8, 4) is 0 Å². The number of halogens is 1. The second kappa shape index (κ2) is 10.4. The summed E-state index contributed by atoms with van der Waals surface area (Å²) in [5.74, 6) is 0.274. The van der Waals surface area contributed by atoms with Crippen LogP contribution in [0.2, 0.25) is 5.02 Å². The highest BCUT2D eigenvalue weighted by atomic mass is 35.5.